The number of carbonyl (C=O) groups is 1. The van der Waals surface area contributed by atoms with Gasteiger partial charge in [-0.3, -0.25) is 4.79 Å². The van der Waals surface area contributed by atoms with Gasteiger partial charge in [0.1, 0.15) is 11.4 Å². The number of hydrogen-bond acceptors (Lipinski definition) is 6. The number of fused-ring (bicyclic) bond motifs is 1. The topological polar surface area (TPSA) is 72.3 Å². The first-order valence-corrected chi connectivity index (χ1v) is 9.44. The Morgan fingerprint density at radius 2 is 2.26 bits per heavy atom. The summed E-state index contributed by atoms with van der Waals surface area (Å²) < 4.78 is 8.29. The van der Waals surface area contributed by atoms with Gasteiger partial charge in [0, 0.05) is 30.4 Å². The number of amides is 1. The Morgan fingerprint density at radius 1 is 1.48 bits per heavy atom. The van der Waals surface area contributed by atoms with E-state index in [0.717, 1.165) is 20.9 Å². The van der Waals surface area contributed by atoms with E-state index in [2.05, 4.69) is 21.9 Å². The molecule has 1 saturated heterocycles. The van der Waals surface area contributed by atoms with E-state index in [1.807, 2.05) is 50.0 Å². The summed E-state index contributed by atoms with van der Waals surface area (Å²) in [6.07, 6.45) is 5.13. The Balaban J connectivity index is 1.63. The van der Waals surface area contributed by atoms with Crippen LogP contribution in [0.2, 0.25) is 0 Å². The molecule has 4 heterocycles. The van der Waals surface area contributed by atoms with Gasteiger partial charge in [-0.2, -0.15) is 4.98 Å². The summed E-state index contributed by atoms with van der Waals surface area (Å²) in [5.41, 5.74) is 0.544. The van der Waals surface area contributed by atoms with Gasteiger partial charge in [-0.1, -0.05) is 6.58 Å². The number of aryl methyl sites for hydroxylation is 2. The number of rotatable bonds is 5. The monoisotopic (exact) mass is 383 g/mol. The van der Waals surface area contributed by atoms with Crippen molar-refractivity contribution in [1.82, 2.24) is 19.4 Å². The molecule has 27 heavy (non-hydrogen) atoms. The molecule has 7 nitrogen and oxygen atoms in total. The van der Waals surface area contributed by atoms with Crippen LogP contribution in [0.25, 0.3) is 10.9 Å². The van der Waals surface area contributed by atoms with Crippen LogP contribution in [0.15, 0.2) is 37.2 Å². The van der Waals surface area contributed by atoms with Crippen molar-refractivity contribution in [2.45, 2.75) is 19.4 Å². The number of pyridine rings is 1. The standard InChI is InChI=1S/C19H21N5O2S/c1-5-16(25)24-10-19(3,11-24)26-17-13-6-7-23(4)14(13)8-15(21-17)22-18-20-9-12(2)27-18/h5-9H,1,10-11H2,2-4H3,(H,20,21,22). The molecular formula is C19H21N5O2S. The summed E-state index contributed by atoms with van der Waals surface area (Å²) in [6.45, 7) is 8.55. The van der Waals surface area contributed by atoms with Gasteiger partial charge in [0.25, 0.3) is 0 Å². The van der Waals surface area contributed by atoms with E-state index in [4.69, 9.17) is 4.74 Å². The van der Waals surface area contributed by atoms with Gasteiger partial charge < -0.3 is 19.5 Å². The Morgan fingerprint density at radius 3 is 2.93 bits per heavy atom. The number of likely N-dealkylation sites (tertiary alicyclic amines) is 1. The molecule has 8 heteroatoms. The Hall–Kier alpha value is -2.87. The van der Waals surface area contributed by atoms with Crippen molar-refractivity contribution in [3.05, 3.63) is 42.1 Å². The third-order valence-corrected chi connectivity index (χ3v) is 5.41. The largest absolute Gasteiger partial charge is 0.467 e. The van der Waals surface area contributed by atoms with Crippen LogP contribution in [0.5, 0.6) is 5.88 Å². The van der Waals surface area contributed by atoms with Gasteiger partial charge in [0.15, 0.2) is 5.13 Å². The van der Waals surface area contributed by atoms with Crippen molar-refractivity contribution in [2.75, 3.05) is 18.4 Å². The summed E-state index contributed by atoms with van der Waals surface area (Å²) in [7, 11) is 1.99. The first kappa shape index (κ1) is 17.5. The number of hydrogen-bond donors (Lipinski definition) is 1. The fourth-order valence-corrected chi connectivity index (χ4v) is 3.91. The number of carbonyl (C=O) groups excluding carboxylic acids is 1. The smallest absolute Gasteiger partial charge is 0.246 e. The zero-order chi connectivity index (χ0) is 19.2. The number of anilines is 2. The maximum atomic E-state index is 11.7. The van der Waals surface area contributed by atoms with E-state index < -0.39 is 5.60 Å². The van der Waals surface area contributed by atoms with Crippen LogP contribution in [-0.4, -0.2) is 44.0 Å². The second kappa shape index (κ2) is 6.38. The van der Waals surface area contributed by atoms with Crippen molar-refractivity contribution in [3.63, 3.8) is 0 Å². The maximum absolute atomic E-state index is 11.7. The number of nitrogens with one attached hydrogen (secondary N) is 1. The fourth-order valence-electron chi connectivity index (χ4n) is 3.24. The average molecular weight is 383 g/mol. The highest BCUT2D eigenvalue weighted by Crippen LogP contribution is 2.34. The van der Waals surface area contributed by atoms with Crippen molar-refractivity contribution in [2.24, 2.45) is 7.05 Å². The molecule has 1 amide bonds. The quantitative estimate of drug-likeness (QED) is 0.685. The van der Waals surface area contributed by atoms with Gasteiger partial charge in [0.2, 0.25) is 11.8 Å². The van der Waals surface area contributed by atoms with E-state index >= 15 is 0 Å². The summed E-state index contributed by atoms with van der Waals surface area (Å²) in [5, 5.41) is 4.98. The van der Waals surface area contributed by atoms with E-state index in [1.54, 1.807) is 16.2 Å². The van der Waals surface area contributed by atoms with Crippen LogP contribution in [0, 0.1) is 6.92 Å². The van der Waals surface area contributed by atoms with Gasteiger partial charge in [-0.25, -0.2) is 4.98 Å². The van der Waals surface area contributed by atoms with E-state index in [1.165, 1.54) is 6.08 Å². The molecule has 3 aromatic rings. The molecule has 4 rings (SSSR count). The minimum absolute atomic E-state index is 0.0801. The van der Waals surface area contributed by atoms with Gasteiger partial charge in [0.05, 0.1) is 24.0 Å². The van der Waals surface area contributed by atoms with Crippen molar-refractivity contribution in [1.29, 1.82) is 0 Å². The molecule has 0 unspecified atom stereocenters. The molecule has 0 aliphatic carbocycles. The van der Waals surface area contributed by atoms with Crippen LogP contribution >= 0.6 is 11.3 Å². The van der Waals surface area contributed by atoms with E-state index in [9.17, 15) is 4.79 Å². The third-order valence-electron chi connectivity index (χ3n) is 4.58. The predicted molar refractivity (Wildman–Crippen MR) is 107 cm³/mol. The molecular weight excluding hydrogens is 362 g/mol. The molecule has 3 aromatic heterocycles. The first-order valence-electron chi connectivity index (χ1n) is 8.63. The zero-order valence-corrected chi connectivity index (χ0v) is 16.3. The minimum Gasteiger partial charge on any atom is -0.467 e. The lowest BCUT2D eigenvalue weighted by Crippen LogP contribution is -2.64. The van der Waals surface area contributed by atoms with E-state index in [-0.39, 0.29) is 5.91 Å². The van der Waals surface area contributed by atoms with Gasteiger partial charge >= 0.3 is 0 Å². The highest BCUT2D eigenvalue weighted by atomic mass is 32.1. The minimum atomic E-state index is -0.467. The number of nitrogens with zero attached hydrogens (tertiary/aromatic N) is 4. The molecule has 0 spiro atoms. The SMILES string of the molecule is C=CC(=O)N1CC(C)(Oc2nc(Nc3ncc(C)s3)cc3c2ccn3C)C1. The van der Waals surface area contributed by atoms with Crippen LogP contribution in [0.4, 0.5) is 10.9 Å². The predicted octanol–water partition coefficient (Wildman–Crippen LogP) is 3.25. The number of thiazole rings is 1. The van der Waals surface area contributed by atoms with Crippen molar-refractivity contribution in [3.8, 4) is 5.88 Å². The van der Waals surface area contributed by atoms with Gasteiger partial charge in [-0.15, -0.1) is 11.3 Å². The molecule has 1 fully saturated rings. The zero-order valence-electron chi connectivity index (χ0n) is 15.5. The molecule has 0 atom stereocenters. The summed E-state index contributed by atoms with van der Waals surface area (Å²) in [4.78, 5) is 23.6. The van der Waals surface area contributed by atoms with Gasteiger partial charge in [-0.05, 0) is 26.0 Å². The second-order valence-electron chi connectivity index (χ2n) is 7.02. The highest BCUT2D eigenvalue weighted by Gasteiger charge is 2.43. The highest BCUT2D eigenvalue weighted by molar-refractivity contribution is 7.15. The van der Waals surface area contributed by atoms with Crippen LogP contribution in [0.3, 0.4) is 0 Å². The molecule has 1 N–H and O–H groups in total. The molecule has 0 saturated carbocycles. The number of ether oxygens (including phenoxy) is 1. The molecule has 140 valence electrons. The number of aromatic nitrogens is 3. The fraction of sp³-hybridized carbons (Fsp3) is 0.316. The lowest BCUT2D eigenvalue weighted by molar-refractivity contribution is -0.143. The van der Waals surface area contributed by atoms with Crippen LogP contribution in [0.1, 0.15) is 11.8 Å². The first-order chi connectivity index (χ1) is 12.9. The summed E-state index contributed by atoms with van der Waals surface area (Å²) in [5.74, 6) is 1.15. The normalized spacial score (nSPS) is 15.4. The molecule has 1 aliphatic rings. The second-order valence-corrected chi connectivity index (χ2v) is 8.26. The average Bonchev–Trinajstić information content (AvgIpc) is 3.18. The van der Waals surface area contributed by atoms with Crippen molar-refractivity contribution < 1.29 is 9.53 Å². The molecule has 1 aliphatic heterocycles. The molecule has 0 radical (unpaired) electrons. The lowest BCUT2D eigenvalue weighted by Gasteiger charge is -2.46. The molecule has 0 bridgehead atoms. The summed E-state index contributed by atoms with van der Waals surface area (Å²) in [6, 6.07) is 3.97. The molecule has 0 aromatic carbocycles. The third kappa shape index (κ3) is 3.28. The maximum Gasteiger partial charge on any atom is 0.246 e. The Kier molecular flexibility index (Phi) is 4.15. The van der Waals surface area contributed by atoms with E-state index in [0.29, 0.717) is 24.8 Å². The Bertz CT molecular complexity index is 1030. The Labute approximate surface area is 161 Å². The van der Waals surface area contributed by atoms with Crippen LogP contribution in [-0.2, 0) is 11.8 Å². The van der Waals surface area contributed by atoms with Crippen molar-refractivity contribution >= 4 is 39.1 Å². The van der Waals surface area contributed by atoms with Crippen LogP contribution < -0.4 is 10.1 Å². The summed E-state index contributed by atoms with van der Waals surface area (Å²) >= 11 is 1.57. The lowest BCUT2D eigenvalue weighted by atomic mass is 9.96.